The maximum atomic E-state index is 13.2. The first-order chi connectivity index (χ1) is 13.0. The lowest BCUT2D eigenvalue weighted by molar-refractivity contribution is -0.139. The van der Waals surface area contributed by atoms with E-state index < -0.39 is 12.6 Å². The van der Waals surface area contributed by atoms with Crippen molar-refractivity contribution in [3.05, 3.63) is 59.7 Å². The zero-order chi connectivity index (χ0) is 19.4. The molecular weight excluding hydrogens is 346 g/mol. The molecule has 2 aromatic carbocycles. The minimum Gasteiger partial charge on any atom is -0.482 e. The summed E-state index contributed by atoms with van der Waals surface area (Å²) in [5, 5.41) is 12.3. The van der Waals surface area contributed by atoms with Crippen molar-refractivity contribution in [3.63, 3.8) is 0 Å². The van der Waals surface area contributed by atoms with Crippen LogP contribution < -0.4 is 15.5 Å². The Kier molecular flexibility index (Phi) is 5.73. The molecule has 27 heavy (non-hydrogen) atoms. The van der Waals surface area contributed by atoms with Crippen LogP contribution in [0, 0.1) is 6.92 Å². The number of aryl methyl sites for hydroxylation is 1. The molecule has 0 aromatic heterocycles. The quantitative estimate of drug-likeness (QED) is 0.812. The number of hydrogen-bond donors (Lipinski definition) is 2. The van der Waals surface area contributed by atoms with Crippen LogP contribution in [0.15, 0.2) is 48.5 Å². The highest BCUT2D eigenvalue weighted by Gasteiger charge is 2.32. The van der Waals surface area contributed by atoms with E-state index in [2.05, 4.69) is 0 Å². The molecule has 0 spiro atoms. The van der Waals surface area contributed by atoms with Gasteiger partial charge >= 0.3 is 5.97 Å². The number of carboxylic acid groups (broad SMARTS) is 1. The van der Waals surface area contributed by atoms with Crippen molar-refractivity contribution < 1.29 is 19.4 Å². The second kappa shape index (κ2) is 8.20. The molecule has 0 radical (unpaired) electrons. The highest BCUT2D eigenvalue weighted by Crippen LogP contribution is 2.30. The first-order valence-electron chi connectivity index (χ1n) is 8.84. The van der Waals surface area contributed by atoms with Crippen LogP contribution in [0.3, 0.4) is 0 Å². The molecular formula is C20H23N3O4. The molecule has 1 atom stereocenters. The number of rotatable bonds is 6. The van der Waals surface area contributed by atoms with E-state index in [-0.39, 0.29) is 12.1 Å². The molecule has 7 heteroatoms. The Hall–Kier alpha value is -2.90. The van der Waals surface area contributed by atoms with Crippen molar-refractivity contribution in [3.8, 4) is 5.75 Å². The largest absolute Gasteiger partial charge is 0.482 e. The number of carbonyl (C=O) groups excluding carboxylic acids is 1. The van der Waals surface area contributed by atoms with Gasteiger partial charge in [0, 0.05) is 12.1 Å². The zero-order valence-electron chi connectivity index (χ0n) is 15.2. The van der Waals surface area contributed by atoms with Gasteiger partial charge in [0.2, 0.25) is 0 Å². The number of hydrazine groups is 1. The molecule has 1 heterocycles. The fourth-order valence-electron chi connectivity index (χ4n) is 3.19. The van der Waals surface area contributed by atoms with Crippen molar-refractivity contribution in [2.75, 3.05) is 18.2 Å². The minimum absolute atomic E-state index is 0.157. The van der Waals surface area contributed by atoms with Gasteiger partial charge in [-0.3, -0.25) is 4.79 Å². The first-order valence-corrected chi connectivity index (χ1v) is 8.84. The van der Waals surface area contributed by atoms with Crippen molar-refractivity contribution in [2.45, 2.75) is 25.9 Å². The van der Waals surface area contributed by atoms with Gasteiger partial charge in [-0.25, -0.2) is 9.80 Å². The number of carbonyl (C=O) groups is 2. The van der Waals surface area contributed by atoms with Gasteiger partial charge in [0.1, 0.15) is 5.75 Å². The monoisotopic (exact) mass is 369 g/mol. The molecule has 1 aliphatic heterocycles. The Bertz CT molecular complexity index is 825. The standard InChI is InChI=1S/C20H23N3O4/c1-14-12-16(27-13-19(24)25)9-10-17(14)23(22-11-5-8-18(22)21)20(26)15-6-3-2-4-7-15/h2-4,6-7,9-10,12,18H,5,8,11,13,21H2,1H3,(H,24,25). The normalized spacial score (nSPS) is 16.9. The number of nitrogens with zero attached hydrogens (tertiary/aromatic N) is 2. The van der Waals surface area contributed by atoms with Gasteiger partial charge in [0.25, 0.3) is 5.91 Å². The lowest BCUT2D eigenvalue weighted by atomic mass is 10.1. The van der Waals surface area contributed by atoms with Crippen LogP contribution in [-0.2, 0) is 4.79 Å². The summed E-state index contributed by atoms with van der Waals surface area (Å²) < 4.78 is 5.23. The Morgan fingerprint density at radius 3 is 2.59 bits per heavy atom. The van der Waals surface area contributed by atoms with E-state index in [1.54, 1.807) is 35.3 Å². The molecule has 1 saturated heterocycles. The molecule has 1 unspecified atom stereocenters. The maximum Gasteiger partial charge on any atom is 0.341 e. The second-order valence-electron chi connectivity index (χ2n) is 6.49. The summed E-state index contributed by atoms with van der Waals surface area (Å²) in [7, 11) is 0. The lowest BCUT2D eigenvalue weighted by Crippen LogP contribution is -2.52. The highest BCUT2D eigenvalue weighted by atomic mass is 16.5. The van der Waals surface area contributed by atoms with Crippen LogP contribution in [0.5, 0.6) is 5.75 Å². The number of amides is 1. The summed E-state index contributed by atoms with van der Waals surface area (Å²) in [6, 6.07) is 14.2. The Morgan fingerprint density at radius 2 is 2.00 bits per heavy atom. The molecule has 1 aliphatic rings. The summed E-state index contributed by atoms with van der Waals surface area (Å²) in [6.45, 7) is 2.13. The van der Waals surface area contributed by atoms with Gasteiger partial charge < -0.3 is 15.6 Å². The van der Waals surface area contributed by atoms with E-state index in [0.29, 0.717) is 23.5 Å². The van der Waals surface area contributed by atoms with Gasteiger partial charge in [-0.05, 0) is 55.7 Å². The van der Waals surface area contributed by atoms with Crippen LogP contribution in [0.1, 0.15) is 28.8 Å². The topological polar surface area (TPSA) is 96.1 Å². The predicted molar refractivity (Wildman–Crippen MR) is 101 cm³/mol. The Morgan fingerprint density at radius 1 is 1.26 bits per heavy atom. The van der Waals surface area contributed by atoms with Gasteiger partial charge in [0.05, 0.1) is 11.9 Å². The van der Waals surface area contributed by atoms with Crippen molar-refractivity contribution >= 4 is 17.6 Å². The van der Waals surface area contributed by atoms with Gasteiger partial charge in [-0.2, -0.15) is 5.01 Å². The summed E-state index contributed by atoms with van der Waals surface area (Å²) in [6.07, 6.45) is 1.50. The lowest BCUT2D eigenvalue weighted by Gasteiger charge is -2.35. The Labute approximate surface area is 157 Å². The first kappa shape index (κ1) is 18.9. The average Bonchev–Trinajstić information content (AvgIpc) is 3.08. The molecule has 3 rings (SSSR count). The fourth-order valence-corrected chi connectivity index (χ4v) is 3.19. The maximum absolute atomic E-state index is 13.2. The number of benzene rings is 2. The molecule has 1 amide bonds. The van der Waals surface area contributed by atoms with E-state index in [9.17, 15) is 9.59 Å². The van der Waals surface area contributed by atoms with Crippen molar-refractivity contribution in [1.29, 1.82) is 0 Å². The number of anilines is 1. The minimum atomic E-state index is -1.04. The number of nitrogens with two attached hydrogens (primary N) is 1. The summed E-state index contributed by atoms with van der Waals surface area (Å²) >= 11 is 0. The molecule has 1 fully saturated rings. The number of ether oxygens (including phenoxy) is 1. The fraction of sp³-hybridized carbons (Fsp3) is 0.300. The van der Waals surface area contributed by atoms with Crippen LogP contribution in [-0.4, -0.2) is 41.3 Å². The number of carboxylic acids is 1. The molecule has 0 saturated carbocycles. The Balaban J connectivity index is 1.95. The third kappa shape index (κ3) is 4.27. The summed E-state index contributed by atoms with van der Waals surface area (Å²) in [5.74, 6) is -0.757. The zero-order valence-corrected chi connectivity index (χ0v) is 15.2. The van der Waals surface area contributed by atoms with E-state index in [0.717, 1.165) is 18.4 Å². The van der Waals surface area contributed by atoms with E-state index in [4.69, 9.17) is 15.6 Å². The third-order valence-corrected chi connectivity index (χ3v) is 4.50. The van der Waals surface area contributed by atoms with Gasteiger partial charge in [-0.15, -0.1) is 0 Å². The van der Waals surface area contributed by atoms with E-state index in [1.165, 1.54) is 0 Å². The van der Waals surface area contributed by atoms with E-state index in [1.807, 2.05) is 30.1 Å². The highest BCUT2D eigenvalue weighted by molar-refractivity contribution is 6.05. The molecule has 142 valence electrons. The third-order valence-electron chi connectivity index (χ3n) is 4.50. The van der Waals surface area contributed by atoms with Crippen molar-refractivity contribution in [2.24, 2.45) is 5.73 Å². The van der Waals surface area contributed by atoms with Crippen molar-refractivity contribution in [1.82, 2.24) is 5.01 Å². The number of hydrogen-bond acceptors (Lipinski definition) is 5. The average molecular weight is 369 g/mol. The second-order valence-corrected chi connectivity index (χ2v) is 6.49. The molecule has 7 nitrogen and oxygen atoms in total. The SMILES string of the molecule is Cc1cc(OCC(=O)O)ccc1N(C(=O)c1ccccc1)N1CCCC1N. The predicted octanol–water partition coefficient (Wildman–Crippen LogP) is 2.40. The molecule has 2 aromatic rings. The summed E-state index contributed by atoms with van der Waals surface area (Å²) in [5.41, 5.74) is 8.30. The smallest absolute Gasteiger partial charge is 0.341 e. The van der Waals surface area contributed by atoms with Crippen LogP contribution >= 0.6 is 0 Å². The van der Waals surface area contributed by atoms with Gasteiger partial charge in [0.15, 0.2) is 6.61 Å². The van der Waals surface area contributed by atoms with Crippen LogP contribution in [0.25, 0.3) is 0 Å². The molecule has 3 N–H and O–H groups in total. The van der Waals surface area contributed by atoms with E-state index >= 15 is 0 Å². The molecule has 0 bridgehead atoms. The van der Waals surface area contributed by atoms with Crippen LogP contribution in [0.2, 0.25) is 0 Å². The summed E-state index contributed by atoms with van der Waals surface area (Å²) in [4.78, 5) is 23.9. The van der Waals surface area contributed by atoms with Gasteiger partial charge in [-0.1, -0.05) is 18.2 Å². The van der Waals surface area contributed by atoms with Crippen LogP contribution in [0.4, 0.5) is 5.69 Å². The molecule has 0 aliphatic carbocycles. The number of aliphatic carboxylic acids is 1.